The first-order chi connectivity index (χ1) is 40.6. The first-order valence-corrected chi connectivity index (χ1v) is 31.3. The van der Waals surface area contributed by atoms with Crippen molar-refractivity contribution in [2.75, 3.05) is 93.4 Å². The van der Waals surface area contributed by atoms with Crippen molar-refractivity contribution in [1.29, 1.82) is 0 Å². The summed E-state index contributed by atoms with van der Waals surface area (Å²) in [5.41, 5.74) is 5.78. The number of likely N-dealkylation sites (tertiary alicyclic amines) is 1. The largest absolute Gasteiger partial charge is 0.499 e. The Morgan fingerprint density at radius 2 is 1.24 bits per heavy atom. The fourth-order valence-corrected chi connectivity index (χ4v) is 11.7. The van der Waals surface area contributed by atoms with Crippen LogP contribution >= 0.6 is 0 Å². The van der Waals surface area contributed by atoms with Crippen LogP contribution in [0.4, 0.5) is 0 Å². The zero-order valence-corrected chi connectivity index (χ0v) is 52.6. The second-order valence-electron chi connectivity index (χ2n) is 24.1. The summed E-state index contributed by atoms with van der Waals surface area (Å²) in [6.45, 7) is 22.1. The van der Waals surface area contributed by atoms with Crippen molar-refractivity contribution in [3.05, 3.63) is 130 Å². The zero-order chi connectivity index (χ0) is 60.3. The molecule has 4 atom stereocenters. The fraction of sp³-hybridized carbons (Fsp3) is 0.600. The van der Waals surface area contributed by atoms with Crippen LogP contribution in [0.1, 0.15) is 151 Å². The molecule has 6 rings (SSSR count). The van der Waals surface area contributed by atoms with E-state index in [1.54, 1.807) is 19.1 Å². The lowest BCUT2D eigenvalue weighted by molar-refractivity contribution is -0.140. The van der Waals surface area contributed by atoms with Gasteiger partial charge in [0.05, 0.1) is 66.7 Å². The first kappa shape index (κ1) is 67.5. The van der Waals surface area contributed by atoms with Crippen molar-refractivity contribution in [1.82, 2.24) is 10.2 Å². The number of hydrogen-bond donors (Lipinski definition) is 2. The number of carbonyl (C=O) groups is 2. The highest BCUT2D eigenvalue weighted by atomic mass is 16.6. The first-order valence-electron chi connectivity index (χ1n) is 31.3. The van der Waals surface area contributed by atoms with E-state index >= 15 is 0 Å². The molecule has 0 aromatic heterocycles. The average Bonchev–Trinajstić information content (AvgIpc) is 1.36. The Bertz CT molecular complexity index is 2530. The Morgan fingerprint density at radius 3 is 1.80 bits per heavy atom. The number of aliphatic hydroxyl groups is 1. The average molecular weight is 1160 g/mol. The summed E-state index contributed by atoms with van der Waals surface area (Å²) in [5.74, 6) is 5.08. The minimum absolute atomic E-state index is 0.0666. The number of nitrogens with one attached hydrogen (secondary N) is 1. The summed E-state index contributed by atoms with van der Waals surface area (Å²) >= 11 is 0. The zero-order valence-electron chi connectivity index (χ0n) is 52.6. The Kier molecular flexibility index (Phi) is 28.2. The van der Waals surface area contributed by atoms with E-state index < -0.39 is 17.6 Å². The van der Waals surface area contributed by atoms with Gasteiger partial charge >= 0.3 is 0 Å². The molecule has 84 heavy (non-hydrogen) atoms. The van der Waals surface area contributed by atoms with Gasteiger partial charge in [-0.25, -0.2) is 0 Å². The molecule has 2 aliphatic heterocycles. The molecule has 0 spiro atoms. The molecule has 14 nitrogen and oxygen atoms in total. The highest BCUT2D eigenvalue weighted by Gasteiger charge is 2.41. The van der Waals surface area contributed by atoms with Crippen LogP contribution in [0.25, 0.3) is 0 Å². The number of rotatable bonds is 38. The summed E-state index contributed by atoms with van der Waals surface area (Å²) in [4.78, 5) is 29.7. The number of amides is 2. The van der Waals surface area contributed by atoms with E-state index in [1.165, 1.54) is 80.4 Å². The molecular formula is C70H102N2O12. The number of fused-ring (bicyclic) bond motifs is 1. The molecule has 1 fully saturated rings. The normalized spacial score (nSPS) is 16.7. The molecule has 0 bridgehead atoms. The minimum Gasteiger partial charge on any atom is -0.499 e. The minimum atomic E-state index is -1.22. The topological polar surface area (TPSA) is 153 Å². The summed E-state index contributed by atoms with van der Waals surface area (Å²) < 4.78 is 54.2. The van der Waals surface area contributed by atoms with Gasteiger partial charge in [-0.3, -0.25) is 9.59 Å². The molecule has 0 saturated carbocycles. The van der Waals surface area contributed by atoms with Crippen LogP contribution in [0.5, 0.6) is 23.0 Å². The number of nitrogens with zero attached hydrogens (tertiary/aromatic N) is 1. The van der Waals surface area contributed by atoms with E-state index in [0.717, 1.165) is 70.8 Å². The number of aliphatic hydroxyl groups excluding tert-OH is 1. The Labute approximate surface area is 503 Å². The van der Waals surface area contributed by atoms with Crippen LogP contribution in [0.2, 0.25) is 0 Å². The molecule has 1 saturated heterocycles. The number of carbonyl (C=O) groups excluding carboxylic acids is 2. The SMILES string of the molecule is COc1ccc(C(OCC(NC(=O)C=COCCOCCOCCOCCOc2c(C)c(C)c3c(c2C)CC[C@@](C)(CCCC(C)CCCC(C)CCCC(C)C)O3)C(=O)N2CCC(CO)CC2)(c2ccccc2)c2ccc(OC)cc2)cc1. The molecule has 3 unspecified atom stereocenters. The maximum absolute atomic E-state index is 14.4. The number of hydrogen-bond acceptors (Lipinski definition) is 12. The third-order valence-electron chi connectivity index (χ3n) is 17.2. The predicted octanol–water partition coefficient (Wildman–Crippen LogP) is 12.8. The molecule has 2 N–H and O–H groups in total. The molecule has 2 amide bonds. The second-order valence-corrected chi connectivity index (χ2v) is 24.1. The third-order valence-corrected chi connectivity index (χ3v) is 17.2. The Morgan fingerprint density at radius 1 is 0.702 bits per heavy atom. The lowest BCUT2D eigenvalue weighted by Gasteiger charge is -2.38. The second kappa shape index (κ2) is 35.1. The Balaban J connectivity index is 0.890. The summed E-state index contributed by atoms with van der Waals surface area (Å²) in [6, 6.07) is 24.0. The van der Waals surface area contributed by atoms with Crippen LogP contribution in [0, 0.1) is 44.4 Å². The van der Waals surface area contributed by atoms with Gasteiger partial charge in [-0.05, 0) is 148 Å². The molecule has 4 aromatic carbocycles. The van der Waals surface area contributed by atoms with Gasteiger partial charge in [-0.2, -0.15) is 0 Å². The van der Waals surface area contributed by atoms with Crippen molar-refractivity contribution in [2.45, 2.75) is 156 Å². The van der Waals surface area contributed by atoms with Gasteiger partial charge in [0.15, 0.2) is 0 Å². The number of piperidine rings is 1. The molecule has 0 radical (unpaired) electrons. The van der Waals surface area contributed by atoms with Crippen LogP contribution in [-0.2, 0) is 45.3 Å². The molecule has 14 heteroatoms. The van der Waals surface area contributed by atoms with Gasteiger partial charge in [-0.1, -0.05) is 127 Å². The molecule has 464 valence electrons. The van der Waals surface area contributed by atoms with Crippen LogP contribution in [0.15, 0.2) is 91.2 Å². The summed E-state index contributed by atoms with van der Waals surface area (Å²) in [6.07, 6.45) is 17.6. The lowest BCUT2D eigenvalue weighted by Crippen LogP contribution is -2.53. The number of methoxy groups -OCH3 is 2. The van der Waals surface area contributed by atoms with Crippen LogP contribution in [0.3, 0.4) is 0 Å². The van der Waals surface area contributed by atoms with Gasteiger partial charge < -0.3 is 58.0 Å². The standard InChI is InChI=1S/C70H102N2O12/c1-51(2)17-14-18-52(3)19-15-20-53(4)21-16-36-69(8)37-32-63-56(7)66(54(5)55(6)67(63)84-69)82-48-47-81-46-45-80-44-43-79-42-41-78-40-35-65(74)71-64(68(75)72-38-33-57(49-73)34-39-72)50-83-70(58-22-12-11-13-23-58,59-24-28-61(76-9)29-25-59)60-26-30-62(77-10)31-27-60/h11-13,22-31,35,40,51-53,57,64,73H,14-21,32-34,36-39,41-50H2,1-10H3,(H,71,74)/t52?,53?,64?,69-/m1/s1. The van der Waals surface area contributed by atoms with E-state index in [9.17, 15) is 14.7 Å². The van der Waals surface area contributed by atoms with E-state index in [4.69, 9.17) is 42.6 Å². The highest BCUT2D eigenvalue weighted by molar-refractivity contribution is 5.93. The van der Waals surface area contributed by atoms with Gasteiger partial charge in [0, 0.05) is 31.3 Å². The van der Waals surface area contributed by atoms with E-state index in [0.29, 0.717) is 77.1 Å². The van der Waals surface area contributed by atoms with Crippen molar-refractivity contribution >= 4 is 11.8 Å². The van der Waals surface area contributed by atoms with E-state index in [-0.39, 0.29) is 43.9 Å². The van der Waals surface area contributed by atoms with E-state index in [2.05, 4.69) is 60.7 Å². The fourth-order valence-electron chi connectivity index (χ4n) is 11.7. The van der Waals surface area contributed by atoms with Crippen LogP contribution in [-0.4, -0.2) is 127 Å². The maximum atomic E-state index is 14.4. The molecule has 4 aromatic rings. The predicted molar refractivity (Wildman–Crippen MR) is 332 cm³/mol. The van der Waals surface area contributed by atoms with Gasteiger partial charge in [0.2, 0.25) is 11.8 Å². The van der Waals surface area contributed by atoms with Crippen molar-refractivity contribution in [3.63, 3.8) is 0 Å². The van der Waals surface area contributed by atoms with Crippen LogP contribution < -0.4 is 24.3 Å². The summed E-state index contributed by atoms with van der Waals surface area (Å²) in [7, 11) is 3.23. The maximum Gasteiger partial charge on any atom is 0.247 e. The van der Waals surface area contributed by atoms with Crippen molar-refractivity contribution in [3.8, 4) is 23.0 Å². The molecule has 0 aliphatic carbocycles. The lowest BCUT2D eigenvalue weighted by atomic mass is 9.80. The van der Waals surface area contributed by atoms with Gasteiger partial charge in [0.25, 0.3) is 0 Å². The number of ether oxygens (including phenoxy) is 9. The molecule has 2 aliphatic rings. The van der Waals surface area contributed by atoms with Gasteiger partial charge in [-0.15, -0.1) is 0 Å². The molecule has 2 heterocycles. The van der Waals surface area contributed by atoms with E-state index in [1.807, 2.05) is 78.9 Å². The van der Waals surface area contributed by atoms with Crippen molar-refractivity contribution in [2.24, 2.45) is 23.7 Å². The third kappa shape index (κ3) is 20.2. The summed E-state index contributed by atoms with van der Waals surface area (Å²) in [5, 5.41) is 12.7. The van der Waals surface area contributed by atoms with Gasteiger partial charge in [0.1, 0.15) is 53.5 Å². The number of benzene rings is 4. The Hall–Kier alpha value is -5.64. The monoisotopic (exact) mass is 1160 g/mol. The molecular weight excluding hydrogens is 1060 g/mol. The highest BCUT2D eigenvalue weighted by Crippen LogP contribution is 2.46. The van der Waals surface area contributed by atoms with Crippen molar-refractivity contribution < 1.29 is 57.3 Å². The quantitative estimate of drug-likeness (QED) is 0.0190. The smallest absolute Gasteiger partial charge is 0.247 e.